The van der Waals surface area contributed by atoms with Gasteiger partial charge >= 0.3 is 0 Å². The molecule has 0 aliphatic rings. The Hall–Kier alpha value is -2.52. The Morgan fingerprint density at radius 1 is 1.20 bits per heavy atom. The van der Waals surface area contributed by atoms with Crippen LogP contribution in [0.15, 0.2) is 56.0 Å². The van der Waals surface area contributed by atoms with Gasteiger partial charge in [-0.05, 0) is 40.0 Å². The van der Waals surface area contributed by atoms with Crippen molar-refractivity contribution in [2.24, 2.45) is 0 Å². The van der Waals surface area contributed by atoms with Gasteiger partial charge in [0.05, 0.1) is 0 Å². The topological polar surface area (TPSA) is 75.0 Å². The minimum absolute atomic E-state index is 0.228. The molecule has 0 spiro atoms. The van der Waals surface area contributed by atoms with Crippen LogP contribution in [-0.4, -0.2) is 11.5 Å². The lowest BCUT2D eigenvalue weighted by Crippen LogP contribution is -2.13. The van der Waals surface area contributed by atoms with Crippen LogP contribution in [0.2, 0.25) is 0 Å². The Morgan fingerprint density at radius 3 is 2.64 bits per heavy atom. The molecule has 3 aromatic rings. The number of nitrogens with one attached hydrogen (secondary N) is 1. The molecule has 3 rings (SSSR count). The average Bonchev–Trinajstić information content (AvgIpc) is 3.25. The summed E-state index contributed by atoms with van der Waals surface area (Å²) in [6, 6.07) is 15.9. The highest BCUT2D eigenvalue weighted by Crippen LogP contribution is 2.29. The molecule has 2 aromatic heterocycles. The first-order chi connectivity index (χ1) is 12.2. The van der Waals surface area contributed by atoms with Gasteiger partial charge in [-0.25, -0.2) is 0 Å². The SMILES string of the molecule is CCC[C@H](CNc1oc(-c2ccc(Br)o2)nc1C#N)c1ccccc1. The smallest absolute Gasteiger partial charge is 0.266 e. The molecule has 0 saturated heterocycles. The van der Waals surface area contributed by atoms with Gasteiger partial charge in [-0.3, -0.25) is 0 Å². The van der Waals surface area contributed by atoms with E-state index in [0.29, 0.717) is 28.8 Å². The number of aromatic nitrogens is 1. The zero-order chi connectivity index (χ0) is 17.6. The van der Waals surface area contributed by atoms with Crippen molar-refractivity contribution in [2.45, 2.75) is 25.7 Å². The van der Waals surface area contributed by atoms with Crippen molar-refractivity contribution in [1.82, 2.24) is 4.98 Å². The maximum atomic E-state index is 9.32. The van der Waals surface area contributed by atoms with E-state index in [0.717, 1.165) is 12.8 Å². The minimum Gasteiger partial charge on any atom is -0.444 e. The van der Waals surface area contributed by atoms with E-state index in [-0.39, 0.29) is 11.6 Å². The van der Waals surface area contributed by atoms with Gasteiger partial charge in [-0.2, -0.15) is 10.2 Å². The van der Waals surface area contributed by atoms with Crippen LogP contribution in [0, 0.1) is 11.3 Å². The molecule has 0 saturated carbocycles. The van der Waals surface area contributed by atoms with Gasteiger partial charge in [0.15, 0.2) is 10.4 Å². The fourth-order valence-corrected chi connectivity index (χ4v) is 3.03. The van der Waals surface area contributed by atoms with E-state index in [1.165, 1.54) is 5.56 Å². The van der Waals surface area contributed by atoms with E-state index in [1.807, 2.05) is 18.2 Å². The maximum Gasteiger partial charge on any atom is 0.266 e. The zero-order valence-electron chi connectivity index (χ0n) is 13.8. The molecule has 0 unspecified atom stereocenters. The van der Waals surface area contributed by atoms with Crippen molar-refractivity contribution in [3.05, 3.63) is 58.4 Å². The number of rotatable bonds is 7. The molecule has 128 valence electrons. The van der Waals surface area contributed by atoms with E-state index >= 15 is 0 Å². The summed E-state index contributed by atoms with van der Waals surface area (Å²) in [5, 5.41) is 12.6. The van der Waals surface area contributed by atoms with E-state index in [2.05, 4.69) is 51.4 Å². The number of hydrogen-bond donors (Lipinski definition) is 1. The van der Waals surface area contributed by atoms with Gasteiger partial charge in [0, 0.05) is 12.5 Å². The van der Waals surface area contributed by atoms with Gasteiger partial charge in [-0.1, -0.05) is 43.7 Å². The highest BCUT2D eigenvalue weighted by Gasteiger charge is 2.18. The fourth-order valence-electron chi connectivity index (χ4n) is 2.73. The Labute approximate surface area is 154 Å². The summed E-state index contributed by atoms with van der Waals surface area (Å²) in [6.45, 7) is 2.83. The molecule has 0 bridgehead atoms. The molecule has 1 atom stereocenters. The van der Waals surface area contributed by atoms with Gasteiger partial charge in [0.1, 0.15) is 6.07 Å². The van der Waals surface area contributed by atoms with Crippen LogP contribution in [0.4, 0.5) is 5.88 Å². The van der Waals surface area contributed by atoms with Crippen LogP contribution in [0.1, 0.15) is 36.9 Å². The van der Waals surface area contributed by atoms with Crippen molar-refractivity contribution in [2.75, 3.05) is 11.9 Å². The molecule has 1 aromatic carbocycles. The molecule has 5 nitrogen and oxygen atoms in total. The lowest BCUT2D eigenvalue weighted by Gasteiger charge is -2.17. The standard InChI is InChI=1S/C19H18BrN3O2/c1-2-6-14(13-7-4-3-5-8-13)12-22-18-15(11-21)23-19(25-18)16-9-10-17(20)24-16/h3-5,7-10,14,22H,2,6,12H2,1H3/t14-/m1/s1. The van der Waals surface area contributed by atoms with Gasteiger partial charge in [0.25, 0.3) is 5.89 Å². The van der Waals surface area contributed by atoms with Crippen molar-refractivity contribution >= 4 is 21.8 Å². The molecule has 1 N–H and O–H groups in total. The summed E-state index contributed by atoms with van der Waals surface area (Å²) in [5.41, 5.74) is 1.50. The van der Waals surface area contributed by atoms with Crippen LogP contribution in [-0.2, 0) is 0 Å². The first-order valence-corrected chi connectivity index (χ1v) is 8.96. The zero-order valence-corrected chi connectivity index (χ0v) is 15.4. The van der Waals surface area contributed by atoms with E-state index in [4.69, 9.17) is 8.83 Å². The predicted octanol–water partition coefficient (Wildman–Crippen LogP) is 5.56. The Balaban J connectivity index is 1.77. The number of hydrogen-bond acceptors (Lipinski definition) is 5. The van der Waals surface area contributed by atoms with Crippen LogP contribution in [0.3, 0.4) is 0 Å². The quantitative estimate of drug-likeness (QED) is 0.562. The van der Waals surface area contributed by atoms with Gasteiger partial charge in [0.2, 0.25) is 11.6 Å². The highest BCUT2D eigenvalue weighted by atomic mass is 79.9. The van der Waals surface area contributed by atoms with Crippen molar-refractivity contribution in [3.63, 3.8) is 0 Å². The molecule has 2 heterocycles. The minimum atomic E-state index is 0.228. The van der Waals surface area contributed by atoms with Crippen molar-refractivity contribution < 1.29 is 8.83 Å². The van der Waals surface area contributed by atoms with Crippen LogP contribution >= 0.6 is 15.9 Å². The normalized spacial score (nSPS) is 11.9. The van der Waals surface area contributed by atoms with Gasteiger partial charge < -0.3 is 14.2 Å². The van der Waals surface area contributed by atoms with Crippen molar-refractivity contribution in [1.29, 1.82) is 5.26 Å². The second-order valence-corrected chi connectivity index (χ2v) is 6.47. The van der Waals surface area contributed by atoms with Crippen LogP contribution < -0.4 is 5.32 Å². The van der Waals surface area contributed by atoms with E-state index < -0.39 is 0 Å². The summed E-state index contributed by atoms with van der Waals surface area (Å²) in [7, 11) is 0. The molecular formula is C19H18BrN3O2. The van der Waals surface area contributed by atoms with E-state index in [9.17, 15) is 5.26 Å². The predicted molar refractivity (Wildman–Crippen MR) is 99.2 cm³/mol. The lowest BCUT2D eigenvalue weighted by atomic mass is 9.94. The number of nitriles is 1. The molecule has 25 heavy (non-hydrogen) atoms. The van der Waals surface area contributed by atoms with Crippen LogP contribution in [0.25, 0.3) is 11.7 Å². The molecule has 0 radical (unpaired) electrons. The number of anilines is 1. The van der Waals surface area contributed by atoms with Gasteiger partial charge in [-0.15, -0.1) is 0 Å². The summed E-state index contributed by atoms with van der Waals surface area (Å²) in [6.07, 6.45) is 2.12. The molecule has 0 aliphatic heterocycles. The van der Waals surface area contributed by atoms with E-state index in [1.54, 1.807) is 12.1 Å². The lowest BCUT2D eigenvalue weighted by molar-refractivity contribution is 0.507. The molecule has 0 aliphatic carbocycles. The molecular weight excluding hydrogens is 382 g/mol. The number of furan rings is 1. The largest absolute Gasteiger partial charge is 0.444 e. The number of oxazole rings is 1. The third-order valence-corrected chi connectivity index (χ3v) is 4.36. The number of halogens is 1. The monoisotopic (exact) mass is 399 g/mol. The Bertz CT molecular complexity index is 864. The molecule has 6 heteroatoms. The van der Waals surface area contributed by atoms with Crippen LogP contribution in [0.5, 0.6) is 0 Å². The first-order valence-electron chi connectivity index (χ1n) is 8.16. The average molecular weight is 400 g/mol. The summed E-state index contributed by atoms with van der Waals surface area (Å²) in [5.74, 6) is 1.48. The fraction of sp³-hybridized carbons (Fsp3) is 0.263. The highest BCUT2D eigenvalue weighted by molar-refractivity contribution is 9.10. The summed E-state index contributed by atoms with van der Waals surface area (Å²) >= 11 is 3.25. The Morgan fingerprint density at radius 2 is 2.00 bits per heavy atom. The second-order valence-electron chi connectivity index (χ2n) is 5.69. The third kappa shape index (κ3) is 4.12. The second kappa shape index (κ2) is 8.04. The molecule has 0 amide bonds. The Kier molecular flexibility index (Phi) is 5.56. The number of nitrogens with zero attached hydrogens (tertiary/aromatic N) is 2. The maximum absolute atomic E-state index is 9.32. The summed E-state index contributed by atoms with van der Waals surface area (Å²) in [4.78, 5) is 4.20. The number of benzene rings is 1. The van der Waals surface area contributed by atoms with Crippen molar-refractivity contribution in [3.8, 4) is 17.7 Å². The molecule has 0 fully saturated rings. The first kappa shape index (κ1) is 17.3. The summed E-state index contributed by atoms with van der Waals surface area (Å²) < 4.78 is 11.7. The third-order valence-electron chi connectivity index (χ3n) is 3.93.